The van der Waals surface area contributed by atoms with Gasteiger partial charge in [-0.1, -0.05) is 41.9 Å². The highest BCUT2D eigenvalue weighted by molar-refractivity contribution is 9.10. The van der Waals surface area contributed by atoms with Crippen LogP contribution in [0.5, 0.6) is 0 Å². The highest BCUT2D eigenvalue weighted by atomic mass is 79.9. The average Bonchev–Trinajstić information content (AvgIpc) is 2.41. The number of carbonyl (C=O) groups is 1. The Morgan fingerprint density at radius 3 is 2.71 bits per heavy atom. The van der Waals surface area contributed by atoms with Crippen molar-refractivity contribution in [3.8, 4) is 0 Å². The SMILES string of the molecule is COCCNCC(=O)NCC(C)(C)c1cccc(Br)c1.Cl. The lowest BCUT2D eigenvalue weighted by Crippen LogP contribution is -2.41. The maximum atomic E-state index is 11.7. The molecule has 0 fully saturated rings. The van der Waals surface area contributed by atoms with Gasteiger partial charge in [-0.05, 0) is 17.7 Å². The van der Waals surface area contributed by atoms with E-state index in [1.54, 1.807) is 7.11 Å². The Hall–Kier alpha value is -0.620. The van der Waals surface area contributed by atoms with E-state index in [1.807, 2.05) is 12.1 Å². The molecule has 0 aliphatic heterocycles. The summed E-state index contributed by atoms with van der Waals surface area (Å²) in [6, 6.07) is 8.17. The van der Waals surface area contributed by atoms with E-state index in [2.05, 4.69) is 52.5 Å². The van der Waals surface area contributed by atoms with E-state index in [0.717, 1.165) is 4.47 Å². The number of benzene rings is 1. The van der Waals surface area contributed by atoms with Crippen LogP contribution < -0.4 is 10.6 Å². The van der Waals surface area contributed by atoms with Gasteiger partial charge >= 0.3 is 0 Å². The van der Waals surface area contributed by atoms with Gasteiger partial charge in [0.25, 0.3) is 0 Å². The molecule has 120 valence electrons. The van der Waals surface area contributed by atoms with Crippen molar-refractivity contribution in [2.75, 3.05) is 33.4 Å². The van der Waals surface area contributed by atoms with Crippen molar-refractivity contribution in [1.82, 2.24) is 10.6 Å². The quantitative estimate of drug-likeness (QED) is 0.682. The van der Waals surface area contributed by atoms with Crippen LogP contribution >= 0.6 is 28.3 Å². The minimum absolute atomic E-state index is 0. The molecule has 0 aromatic heterocycles. The first-order valence-corrected chi connectivity index (χ1v) is 7.47. The summed E-state index contributed by atoms with van der Waals surface area (Å²) in [7, 11) is 1.64. The van der Waals surface area contributed by atoms with Crippen LogP contribution in [0.25, 0.3) is 0 Å². The van der Waals surface area contributed by atoms with Crippen molar-refractivity contribution in [1.29, 1.82) is 0 Å². The van der Waals surface area contributed by atoms with Crippen LogP contribution in [0.4, 0.5) is 0 Å². The second-order valence-electron chi connectivity index (χ2n) is 5.34. The number of methoxy groups -OCH3 is 1. The number of carbonyl (C=O) groups excluding carboxylic acids is 1. The van der Waals surface area contributed by atoms with Gasteiger partial charge in [-0.3, -0.25) is 4.79 Å². The zero-order chi connectivity index (χ0) is 15.0. The lowest BCUT2D eigenvalue weighted by molar-refractivity contribution is -0.120. The molecule has 1 rings (SSSR count). The lowest BCUT2D eigenvalue weighted by Gasteiger charge is -2.26. The number of amides is 1. The number of nitrogens with one attached hydrogen (secondary N) is 2. The standard InChI is InChI=1S/C15H23BrN2O2.ClH/c1-15(2,12-5-4-6-13(16)9-12)11-18-14(19)10-17-7-8-20-3;/h4-6,9,17H,7-8,10-11H2,1-3H3,(H,18,19);1H. The fraction of sp³-hybridized carbons (Fsp3) is 0.533. The zero-order valence-electron chi connectivity index (χ0n) is 12.7. The van der Waals surface area contributed by atoms with Crippen LogP contribution in [0.2, 0.25) is 0 Å². The maximum Gasteiger partial charge on any atom is 0.233 e. The van der Waals surface area contributed by atoms with Gasteiger partial charge in [0.2, 0.25) is 5.91 Å². The van der Waals surface area contributed by atoms with Gasteiger partial charge in [-0.15, -0.1) is 12.4 Å². The number of rotatable bonds is 8. The van der Waals surface area contributed by atoms with Gasteiger partial charge in [0.1, 0.15) is 0 Å². The van der Waals surface area contributed by atoms with E-state index in [1.165, 1.54) is 5.56 Å². The molecule has 0 saturated carbocycles. The molecule has 0 aliphatic rings. The third kappa shape index (κ3) is 7.81. The van der Waals surface area contributed by atoms with Crippen molar-refractivity contribution >= 4 is 34.2 Å². The van der Waals surface area contributed by atoms with E-state index >= 15 is 0 Å². The number of halogens is 2. The van der Waals surface area contributed by atoms with Crippen molar-refractivity contribution in [2.45, 2.75) is 19.3 Å². The van der Waals surface area contributed by atoms with Gasteiger partial charge in [0.05, 0.1) is 13.2 Å². The number of hydrogen-bond donors (Lipinski definition) is 2. The van der Waals surface area contributed by atoms with E-state index in [9.17, 15) is 4.79 Å². The molecule has 0 unspecified atom stereocenters. The van der Waals surface area contributed by atoms with Crippen LogP contribution in [0.3, 0.4) is 0 Å². The number of ether oxygens (including phenoxy) is 1. The largest absolute Gasteiger partial charge is 0.383 e. The van der Waals surface area contributed by atoms with Gasteiger partial charge < -0.3 is 15.4 Å². The predicted molar refractivity (Wildman–Crippen MR) is 92.2 cm³/mol. The van der Waals surface area contributed by atoms with Crippen molar-refractivity contribution in [2.24, 2.45) is 0 Å². The van der Waals surface area contributed by atoms with Crippen LogP contribution in [0, 0.1) is 0 Å². The summed E-state index contributed by atoms with van der Waals surface area (Å²) in [6.45, 7) is 6.45. The Kier molecular flexibility index (Phi) is 9.86. The molecule has 2 N–H and O–H groups in total. The summed E-state index contributed by atoms with van der Waals surface area (Å²) in [5, 5.41) is 5.99. The molecule has 0 bridgehead atoms. The fourth-order valence-corrected chi connectivity index (χ4v) is 2.17. The molecule has 21 heavy (non-hydrogen) atoms. The summed E-state index contributed by atoms with van der Waals surface area (Å²) in [4.78, 5) is 11.7. The molecule has 1 aromatic rings. The van der Waals surface area contributed by atoms with E-state index in [4.69, 9.17) is 4.74 Å². The van der Waals surface area contributed by atoms with E-state index < -0.39 is 0 Å². The molecular formula is C15H24BrClN2O2. The minimum atomic E-state index is -0.105. The summed E-state index contributed by atoms with van der Waals surface area (Å²) in [5.74, 6) is 0.00387. The van der Waals surface area contributed by atoms with Crippen molar-refractivity contribution in [3.05, 3.63) is 34.3 Å². The second kappa shape index (κ2) is 10.2. The Morgan fingerprint density at radius 1 is 1.38 bits per heavy atom. The Balaban J connectivity index is 0.00000400. The summed E-state index contributed by atoms with van der Waals surface area (Å²) in [6.07, 6.45) is 0. The maximum absolute atomic E-state index is 11.7. The molecule has 1 aromatic carbocycles. The van der Waals surface area contributed by atoms with Crippen molar-refractivity contribution in [3.63, 3.8) is 0 Å². The molecule has 0 spiro atoms. The first-order valence-electron chi connectivity index (χ1n) is 6.68. The average molecular weight is 380 g/mol. The van der Waals surface area contributed by atoms with E-state index in [0.29, 0.717) is 26.2 Å². The normalized spacial score (nSPS) is 10.9. The molecule has 0 saturated heterocycles. The molecule has 0 heterocycles. The molecule has 0 atom stereocenters. The molecule has 6 heteroatoms. The number of hydrogen-bond acceptors (Lipinski definition) is 3. The molecule has 1 amide bonds. The third-order valence-corrected chi connectivity index (χ3v) is 3.60. The van der Waals surface area contributed by atoms with Gasteiger partial charge in [0.15, 0.2) is 0 Å². The molecule has 0 aliphatic carbocycles. The smallest absolute Gasteiger partial charge is 0.233 e. The van der Waals surface area contributed by atoms with E-state index in [-0.39, 0.29) is 23.7 Å². The second-order valence-corrected chi connectivity index (χ2v) is 6.26. The zero-order valence-corrected chi connectivity index (χ0v) is 15.1. The Morgan fingerprint density at radius 2 is 2.10 bits per heavy atom. The van der Waals surface area contributed by atoms with Gasteiger partial charge in [-0.2, -0.15) is 0 Å². The molecule has 4 nitrogen and oxygen atoms in total. The summed E-state index contributed by atoms with van der Waals surface area (Å²) < 4.78 is 5.96. The van der Waals surface area contributed by atoms with Gasteiger partial charge in [0, 0.05) is 30.1 Å². The molecular weight excluding hydrogens is 356 g/mol. The fourth-order valence-electron chi connectivity index (χ4n) is 1.77. The van der Waals surface area contributed by atoms with Crippen LogP contribution in [-0.4, -0.2) is 39.3 Å². The molecule has 0 radical (unpaired) electrons. The summed E-state index contributed by atoms with van der Waals surface area (Å²) >= 11 is 3.47. The Labute approximate surface area is 141 Å². The lowest BCUT2D eigenvalue weighted by atomic mass is 9.84. The monoisotopic (exact) mass is 378 g/mol. The van der Waals surface area contributed by atoms with Crippen molar-refractivity contribution < 1.29 is 9.53 Å². The van der Waals surface area contributed by atoms with Gasteiger partial charge in [-0.25, -0.2) is 0 Å². The van der Waals surface area contributed by atoms with Crippen LogP contribution in [0.1, 0.15) is 19.4 Å². The first kappa shape index (κ1) is 20.4. The van der Waals surface area contributed by atoms with Crippen LogP contribution in [-0.2, 0) is 14.9 Å². The predicted octanol–water partition coefficient (Wildman–Crippen LogP) is 2.50. The Bertz CT molecular complexity index is 441. The first-order chi connectivity index (χ1) is 9.45. The van der Waals surface area contributed by atoms with Crippen LogP contribution in [0.15, 0.2) is 28.7 Å². The highest BCUT2D eigenvalue weighted by Crippen LogP contribution is 2.24. The minimum Gasteiger partial charge on any atom is -0.383 e. The summed E-state index contributed by atoms with van der Waals surface area (Å²) in [5.41, 5.74) is 1.09. The highest BCUT2D eigenvalue weighted by Gasteiger charge is 2.21. The topological polar surface area (TPSA) is 50.4 Å². The third-order valence-electron chi connectivity index (χ3n) is 3.10.